The SMILES string of the molecule is CNc1scc(C2CC(F)(F)C2)c1C(=O)O.COC1CN(c2ccc(C=O)cc2)C1. The fourth-order valence-electron chi connectivity index (χ4n) is 3.52. The van der Waals surface area contributed by atoms with E-state index in [2.05, 4.69) is 10.2 Å². The molecule has 4 rings (SSSR count). The molecular formula is C21H24F2N2O4S. The minimum Gasteiger partial charge on any atom is -0.478 e. The number of halogens is 2. The maximum absolute atomic E-state index is 12.7. The van der Waals surface area contributed by atoms with Crippen LogP contribution >= 0.6 is 11.3 Å². The van der Waals surface area contributed by atoms with Gasteiger partial charge >= 0.3 is 5.97 Å². The van der Waals surface area contributed by atoms with Gasteiger partial charge in [0.15, 0.2) is 0 Å². The summed E-state index contributed by atoms with van der Waals surface area (Å²) in [5, 5.41) is 14.0. The molecule has 0 radical (unpaired) electrons. The Morgan fingerprint density at radius 2 is 1.93 bits per heavy atom. The number of benzene rings is 1. The molecule has 30 heavy (non-hydrogen) atoms. The Labute approximate surface area is 177 Å². The van der Waals surface area contributed by atoms with E-state index in [1.54, 1.807) is 19.5 Å². The lowest BCUT2D eigenvalue weighted by molar-refractivity contribution is -0.0868. The Hall–Kier alpha value is -2.52. The zero-order valence-electron chi connectivity index (χ0n) is 16.7. The van der Waals surface area contributed by atoms with Crippen molar-refractivity contribution >= 4 is 34.3 Å². The molecule has 1 aromatic carbocycles. The van der Waals surface area contributed by atoms with Gasteiger partial charge in [0, 0.05) is 51.3 Å². The molecule has 0 unspecified atom stereocenters. The van der Waals surface area contributed by atoms with E-state index in [9.17, 15) is 18.4 Å². The molecule has 1 aliphatic heterocycles. The van der Waals surface area contributed by atoms with Gasteiger partial charge in [-0.15, -0.1) is 11.3 Å². The number of carboxylic acid groups (broad SMARTS) is 1. The maximum atomic E-state index is 12.7. The molecule has 0 amide bonds. The van der Waals surface area contributed by atoms with Gasteiger partial charge in [0.05, 0.1) is 11.7 Å². The Morgan fingerprint density at radius 3 is 2.40 bits per heavy atom. The van der Waals surface area contributed by atoms with Crippen LogP contribution in [0.25, 0.3) is 0 Å². The molecule has 1 saturated heterocycles. The number of carboxylic acids is 1. The van der Waals surface area contributed by atoms with Crippen molar-refractivity contribution in [2.45, 2.75) is 30.8 Å². The normalized spacial score (nSPS) is 17.9. The van der Waals surface area contributed by atoms with Gasteiger partial charge in [0.2, 0.25) is 5.92 Å². The van der Waals surface area contributed by atoms with Crippen molar-refractivity contribution in [2.24, 2.45) is 0 Å². The number of hydrogen-bond donors (Lipinski definition) is 2. The van der Waals surface area contributed by atoms with Crippen LogP contribution in [0.2, 0.25) is 0 Å². The average Bonchev–Trinajstić information content (AvgIpc) is 3.10. The number of alkyl halides is 2. The number of aldehydes is 1. The average molecular weight is 438 g/mol. The molecule has 2 fully saturated rings. The molecule has 1 aromatic heterocycles. The van der Waals surface area contributed by atoms with Gasteiger partial charge in [-0.25, -0.2) is 13.6 Å². The van der Waals surface area contributed by atoms with Crippen LogP contribution in [0, 0.1) is 0 Å². The number of hydrogen-bond acceptors (Lipinski definition) is 6. The molecular weight excluding hydrogens is 414 g/mol. The molecule has 2 aliphatic rings. The Bertz CT molecular complexity index is 887. The predicted octanol–water partition coefficient (Wildman–Crippen LogP) is 4.33. The molecule has 0 bridgehead atoms. The van der Waals surface area contributed by atoms with Crippen molar-refractivity contribution < 1.29 is 28.2 Å². The van der Waals surface area contributed by atoms with Crippen molar-refractivity contribution in [1.29, 1.82) is 0 Å². The highest BCUT2D eigenvalue weighted by atomic mass is 32.1. The van der Waals surface area contributed by atoms with Gasteiger partial charge in [0.1, 0.15) is 11.3 Å². The summed E-state index contributed by atoms with van der Waals surface area (Å²) in [5.74, 6) is -4.00. The number of rotatable bonds is 6. The summed E-state index contributed by atoms with van der Waals surface area (Å²) in [5.41, 5.74) is 2.56. The molecule has 0 spiro atoms. The Kier molecular flexibility index (Phi) is 6.72. The predicted molar refractivity (Wildman–Crippen MR) is 113 cm³/mol. The van der Waals surface area contributed by atoms with Crippen LogP contribution in [0.1, 0.15) is 45.0 Å². The summed E-state index contributed by atoms with van der Waals surface area (Å²) in [7, 11) is 3.36. The number of carbonyl (C=O) groups is 2. The van der Waals surface area contributed by atoms with Crippen LogP contribution < -0.4 is 10.2 Å². The number of methoxy groups -OCH3 is 1. The van der Waals surface area contributed by atoms with Gasteiger partial charge in [-0.1, -0.05) is 0 Å². The van der Waals surface area contributed by atoms with E-state index < -0.39 is 11.9 Å². The quantitative estimate of drug-likeness (QED) is 0.654. The van der Waals surface area contributed by atoms with Crippen molar-refractivity contribution in [3.8, 4) is 0 Å². The van der Waals surface area contributed by atoms with E-state index in [4.69, 9.17) is 9.84 Å². The molecule has 2 aromatic rings. The molecule has 2 N–H and O–H groups in total. The highest BCUT2D eigenvalue weighted by Crippen LogP contribution is 2.51. The van der Waals surface area contributed by atoms with Crippen LogP contribution in [0.3, 0.4) is 0 Å². The summed E-state index contributed by atoms with van der Waals surface area (Å²) < 4.78 is 30.7. The maximum Gasteiger partial charge on any atom is 0.338 e. The number of anilines is 2. The Morgan fingerprint density at radius 1 is 1.30 bits per heavy atom. The number of thiophene rings is 1. The first-order valence-corrected chi connectivity index (χ1v) is 10.4. The number of nitrogens with zero attached hydrogens (tertiary/aromatic N) is 1. The van der Waals surface area contributed by atoms with Gasteiger partial charge in [-0.05, 0) is 41.1 Å². The highest BCUT2D eigenvalue weighted by Gasteiger charge is 2.47. The molecule has 0 atom stereocenters. The first-order valence-electron chi connectivity index (χ1n) is 9.51. The molecule has 6 nitrogen and oxygen atoms in total. The zero-order chi connectivity index (χ0) is 21.9. The van der Waals surface area contributed by atoms with Crippen molar-refractivity contribution in [3.05, 3.63) is 46.3 Å². The second kappa shape index (κ2) is 9.09. The molecule has 1 aliphatic carbocycles. The lowest BCUT2D eigenvalue weighted by atomic mass is 9.76. The first-order chi connectivity index (χ1) is 14.3. The zero-order valence-corrected chi connectivity index (χ0v) is 17.5. The summed E-state index contributed by atoms with van der Waals surface area (Å²) in [6.45, 7) is 1.88. The second-order valence-electron chi connectivity index (χ2n) is 7.38. The van der Waals surface area contributed by atoms with Gasteiger partial charge in [0.25, 0.3) is 0 Å². The van der Waals surface area contributed by atoms with Crippen molar-refractivity contribution in [1.82, 2.24) is 0 Å². The van der Waals surface area contributed by atoms with Gasteiger partial charge < -0.3 is 20.1 Å². The number of aromatic carboxylic acids is 1. The summed E-state index contributed by atoms with van der Waals surface area (Å²) >= 11 is 1.25. The molecule has 1 saturated carbocycles. The lowest BCUT2D eigenvalue weighted by Crippen LogP contribution is -2.51. The topological polar surface area (TPSA) is 78.9 Å². The van der Waals surface area contributed by atoms with Crippen molar-refractivity contribution in [2.75, 3.05) is 37.5 Å². The summed E-state index contributed by atoms with van der Waals surface area (Å²) in [6.07, 6.45) is 0.735. The van der Waals surface area contributed by atoms with E-state index in [0.29, 0.717) is 16.7 Å². The van der Waals surface area contributed by atoms with Crippen LogP contribution in [0.15, 0.2) is 29.6 Å². The highest BCUT2D eigenvalue weighted by molar-refractivity contribution is 7.14. The monoisotopic (exact) mass is 438 g/mol. The minimum absolute atomic E-state index is 0.146. The van der Waals surface area contributed by atoms with Crippen molar-refractivity contribution in [3.63, 3.8) is 0 Å². The van der Waals surface area contributed by atoms with Crippen LogP contribution in [-0.4, -0.2) is 56.6 Å². The van der Waals surface area contributed by atoms with E-state index in [0.717, 1.165) is 30.6 Å². The standard InChI is InChI=1S/C11H13NO2.C10H11F2NO2S/c1-14-11-6-12(7-11)10-4-2-9(8-13)3-5-10;1-13-8-7(9(14)15)6(4-16-8)5-2-10(11,12)3-5/h2-5,8,11H,6-7H2,1H3;4-5,13H,2-3H2,1H3,(H,14,15). The van der Waals surface area contributed by atoms with Crippen LogP contribution in [0.5, 0.6) is 0 Å². The van der Waals surface area contributed by atoms with Gasteiger partial charge in [-0.3, -0.25) is 4.79 Å². The second-order valence-corrected chi connectivity index (χ2v) is 8.26. The summed E-state index contributed by atoms with van der Waals surface area (Å²) in [6, 6.07) is 7.61. The van der Waals surface area contributed by atoms with Crippen LogP contribution in [0.4, 0.5) is 19.5 Å². The van der Waals surface area contributed by atoms with E-state index in [1.165, 1.54) is 11.3 Å². The van der Waals surface area contributed by atoms with Gasteiger partial charge in [-0.2, -0.15) is 0 Å². The minimum atomic E-state index is -2.62. The van der Waals surface area contributed by atoms with Crippen LogP contribution in [-0.2, 0) is 4.74 Å². The third-order valence-corrected chi connectivity index (χ3v) is 6.38. The number of ether oxygens (including phenoxy) is 1. The smallest absolute Gasteiger partial charge is 0.338 e. The fourth-order valence-corrected chi connectivity index (χ4v) is 4.52. The largest absolute Gasteiger partial charge is 0.478 e. The lowest BCUT2D eigenvalue weighted by Gasteiger charge is -2.39. The molecule has 9 heteroatoms. The molecule has 2 heterocycles. The fraction of sp³-hybridized carbons (Fsp3) is 0.429. The number of nitrogens with one attached hydrogen (secondary N) is 1. The molecule has 162 valence electrons. The Balaban J connectivity index is 0.000000172. The van der Waals surface area contributed by atoms with E-state index in [-0.39, 0.29) is 24.3 Å². The number of carbonyl (C=O) groups excluding carboxylic acids is 1. The van der Waals surface area contributed by atoms with E-state index >= 15 is 0 Å². The third-order valence-electron chi connectivity index (χ3n) is 5.37. The van der Waals surface area contributed by atoms with E-state index in [1.807, 2.05) is 24.3 Å². The third kappa shape index (κ3) is 4.79. The summed E-state index contributed by atoms with van der Waals surface area (Å²) in [4.78, 5) is 23.7. The first kappa shape index (κ1) is 22.2.